The van der Waals surface area contributed by atoms with E-state index >= 15 is 0 Å². The molecule has 2 aliphatic rings. The molecule has 0 aliphatic carbocycles. The van der Waals surface area contributed by atoms with Crippen LogP contribution in [0.4, 0.5) is 0 Å². The fourth-order valence-electron chi connectivity index (χ4n) is 4.73. The number of benzene rings is 1. The number of carbonyl (C=O) groups is 1. The van der Waals surface area contributed by atoms with E-state index in [0.29, 0.717) is 18.6 Å². The van der Waals surface area contributed by atoms with Gasteiger partial charge in [0.05, 0.1) is 5.52 Å². The quantitative estimate of drug-likeness (QED) is 0.920. The third-order valence-corrected chi connectivity index (χ3v) is 6.13. The zero-order valence-corrected chi connectivity index (χ0v) is 15.6. The van der Waals surface area contributed by atoms with Crippen molar-refractivity contribution in [1.82, 2.24) is 14.8 Å². The number of amides is 1. The van der Waals surface area contributed by atoms with E-state index < -0.39 is 0 Å². The monoisotopic (exact) mass is 353 g/mol. The highest BCUT2D eigenvalue weighted by Crippen LogP contribution is 2.34. The highest BCUT2D eigenvalue weighted by molar-refractivity contribution is 5.97. The normalized spacial score (nSPS) is 25.5. The molecule has 5 heteroatoms. The second kappa shape index (κ2) is 6.88. The molecule has 4 rings (SSSR count). The smallest absolute Gasteiger partial charge is 0.263 e. The van der Waals surface area contributed by atoms with Crippen molar-refractivity contribution in [1.29, 1.82) is 0 Å². The molecule has 5 nitrogen and oxygen atoms in total. The highest BCUT2D eigenvalue weighted by Gasteiger charge is 2.39. The Balaban J connectivity index is 1.63. The van der Waals surface area contributed by atoms with Gasteiger partial charge in [-0.3, -0.25) is 9.59 Å². The molecule has 0 saturated carbocycles. The van der Waals surface area contributed by atoms with E-state index in [9.17, 15) is 9.59 Å². The number of fused-ring (bicyclic) bond motifs is 3. The van der Waals surface area contributed by atoms with Gasteiger partial charge in [-0.1, -0.05) is 25.1 Å². The third kappa shape index (κ3) is 2.94. The Bertz CT molecular complexity index is 874. The minimum atomic E-state index is -0.223. The van der Waals surface area contributed by atoms with E-state index in [1.165, 1.54) is 12.8 Å². The summed E-state index contributed by atoms with van der Waals surface area (Å²) >= 11 is 0. The molecular weight excluding hydrogens is 326 g/mol. The topological polar surface area (TPSA) is 54.3 Å². The van der Waals surface area contributed by atoms with Crippen molar-refractivity contribution in [3.05, 3.63) is 46.2 Å². The summed E-state index contributed by atoms with van der Waals surface area (Å²) in [5.41, 5.74) is 0.982. The van der Waals surface area contributed by atoms with Crippen molar-refractivity contribution in [2.45, 2.75) is 63.7 Å². The van der Waals surface area contributed by atoms with E-state index in [4.69, 9.17) is 0 Å². The van der Waals surface area contributed by atoms with Gasteiger partial charge >= 0.3 is 0 Å². The number of rotatable bonds is 4. The second-order valence-corrected chi connectivity index (χ2v) is 7.77. The first-order valence-electron chi connectivity index (χ1n) is 9.74. The van der Waals surface area contributed by atoms with Gasteiger partial charge in [0.25, 0.3) is 11.5 Å². The van der Waals surface area contributed by atoms with Gasteiger partial charge in [-0.25, -0.2) is 0 Å². The van der Waals surface area contributed by atoms with Gasteiger partial charge in [-0.15, -0.1) is 0 Å². The number of aryl methyl sites for hydroxylation is 1. The largest absolute Gasteiger partial charge is 0.349 e. The maximum Gasteiger partial charge on any atom is 0.263 e. The molecule has 1 unspecified atom stereocenters. The van der Waals surface area contributed by atoms with Crippen LogP contribution in [-0.4, -0.2) is 40.5 Å². The zero-order valence-electron chi connectivity index (χ0n) is 15.6. The van der Waals surface area contributed by atoms with Crippen LogP contribution in [-0.2, 0) is 6.54 Å². The standard InChI is InChI=1S/C21H27N3O2/c1-3-10-24-19-7-5-4-6-14(19)11-18(21(24)26)20(25)22-15-12-16-8-9-17(13-15)23(16)2/h4-7,11,15-17H,3,8-10,12-13H2,1-2H3,(H,22,25)/t15?,16-,17+. The predicted molar refractivity (Wildman–Crippen MR) is 104 cm³/mol. The number of piperidine rings is 1. The molecule has 138 valence electrons. The van der Waals surface area contributed by atoms with Crippen LogP contribution < -0.4 is 10.9 Å². The van der Waals surface area contributed by atoms with Crippen LogP contribution in [0.15, 0.2) is 35.1 Å². The minimum Gasteiger partial charge on any atom is -0.349 e. The number of nitrogens with zero attached hydrogens (tertiary/aromatic N) is 2. The van der Waals surface area contributed by atoms with Crippen molar-refractivity contribution in [2.24, 2.45) is 0 Å². The van der Waals surface area contributed by atoms with Crippen molar-refractivity contribution in [3.8, 4) is 0 Å². The molecule has 1 aromatic heterocycles. The highest BCUT2D eigenvalue weighted by atomic mass is 16.2. The number of carbonyl (C=O) groups excluding carboxylic acids is 1. The van der Waals surface area contributed by atoms with E-state index in [1.807, 2.05) is 31.2 Å². The molecule has 0 radical (unpaired) electrons. The van der Waals surface area contributed by atoms with E-state index in [-0.39, 0.29) is 23.1 Å². The van der Waals surface area contributed by atoms with Crippen molar-refractivity contribution < 1.29 is 4.79 Å². The molecule has 1 aromatic carbocycles. The van der Waals surface area contributed by atoms with E-state index in [1.54, 1.807) is 10.6 Å². The molecule has 26 heavy (non-hydrogen) atoms. The number of para-hydroxylation sites is 1. The Morgan fingerprint density at radius 2 is 1.88 bits per heavy atom. The van der Waals surface area contributed by atoms with Crippen LogP contribution in [0.3, 0.4) is 0 Å². The first-order chi connectivity index (χ1) is 12.6. The lowest BCUT2D eigenvalue weighted by atomic mass is 9.97. The van der Waals surface area contributed by atoms with Crippen molar-refractivity contribution in [3.63, 3.8) is 0 Å². The lowest BCUT2D eigenvalue weighted by Crippen LogP contribution is -2.49. The Labute approximate surface area is 154 Å². The Hall–Kier alpha value is -2.14. The third-order valence-electron chi connectivity index (χ3n) is 6.13. The van der Waals surface area contributed by atoms with Gasteiger partial charge in [-0.2, -0.15) is 0 Å². The van der Waals surface area contributed by atoms with Crippen molar-refractivity contribution in [2.75, 3.05) is 7.05 Å². The first kappa shape index (κ1) is 17.3. The SMILES string of the molecule is CCCn1c(=O)c(C(=O)NC2C[C@H]3CC[C@@H](C2)N3C)cc2ccccc21. The summed E-state index contributed by atoms with van der Waals surface area (Å²) in [6.07, 6.45) is 5.25. The summed E-state index contributed by atoms with van der Waals surface area (Å²) in [7, 11) is 2.19. The molecule has 2 aromatic rings. The summed E-state index contributed by atoms with van der Waals surface area (Å²) in [6, 6.07) is 10.8. The van der Waals surface area contributed by atoms with Crippen LogP contribution in [0.5, 0.6) is 0 Å². The van der Waals surface area contributed by atoms with Gasteiger partial charge in [0.15, 0.2) is 0 Å². The minimum absolute atomic E-state index is 0.168. The number of nitrogens with one attached hydrogen (secondary N) is 1. The van der Waals surface area contributed by atoms with Gasteiger partial charge < -0.3 is 14.8 Å². The van der Waals surface area contributed by atoms with Gasteiger partial charge in [0, 0.05) is 24.7 Å². The molecule has 3 heterocycles. The zero-order chi connectivity index (χ0) is 18.3. The van der Waals surface area contributed by atoms with Gasteiger partial charge in [0.1, 0.15) is 5.56 Å². The maximum atomic E-state index is 12.9. The fraction of sp³-hybridized carbons (Fsp3) is 0.524. The number of pyridine rings is 1. The fourth-order valence-corrected chi connectivity index (χ4v) is 4.73. The maximum absolute atomic E-state index is 12.9. The van der Waals surface area contributed by atoms with Crippen LogP contribution >= 0.6 is 0 Å². The van der Waals surface area contributed by atoms with Crippen LogP contribution in [0.1, 0.15) is 49.4 Å². The lowest BCUT2D eigenvalue weighted by molar-refractivity contribution is 0.0880. The second-order valence-electron chi connectivity index (χ2n) is 7.77. The molecule has 2 aliphatic heterocycles. The summed E-state index contributed by atoms with van der Waals surface area (Å²) < 4.78 is 1.74. The predicted octanol–water partition coefficient (Wildman–Crippen LogP) is 2.77. The Kier molecular flexibility index (Phi) is 4.57. The molecule has 1 N–H and O–H groups in total. The summed E-state index contributed by atoms with van der Waals surface area (Å²) in [6.45, 7) is 2.67. The van der Waals surface area contributed by atoms with Crippen LogP contribution in [0.2, 0.25) is 0 Å². The van der Waals surface area contributed by atoms with Crippen molar-refractivity contribution >= 4 is 16.8 Å². The Morgan fingerprint density at radius 3 is 2.58 bits per heavy atom. The van der Waals surface area contributed by atoms with Crippen LogP contribution in [0, 0.1) is 0 Å². The van der Waals surface area contributed by atoms with Gasteiger partial charge in [0.2, 0.25) is 0 Å². The number of aromatic nitrogens is 1. The average molecular weight is 353 g/mol. The van der Waals surface area contributed by atoms with Crippen LogP contribution in [0.25, 0.3) is 10.9 Å². The molecule has 0 spiro atoms. The molecular formula is C21H27N3O2. The first-order valence-corrected chi connectivity index (χ1v) is 9.74. The summed E-state index contributed by atoms with van der Waals surface area (Å²) in [5.74, 6) is -0.223. The molecule has 2 fully saturated rings. The van der Waals surface area contributed by atoms with Gasteiger partial charge in [-0.05, 0) is 56.7 Å². The summed E-state index contributed by atoms with van der Waals surface area (Å²) in [5, 5.41) is 4.09. The lowest BCUT2D eigenvalue weighted by Gasteiger charge is -2.36. The number of hydrogen-bond acceptors (Lipinski definition) is 3. The summed E-state index contributed by atoms with van der Waals surface area (Å²) in [4.78, 5) is 28.3. The molecule has 3 atom stereocenters. The average Bonchev–Trinajstić information content (AvgIpc) is 2.84. The number of hydrogen-bond donors (Lipinski definition) is 1. The molecule has 2 bridgehead atoms. The molecule has 1 amide bonds. The molecule has 2 saturated heterocycles. The van der Waals surface area contributed by atoms with E-state index in [2.05, 4.69) is 17.3 Å². The van der Waals surface area contributed by atoms with E-state index in [0.717, 1.165) is 30.2 Å². The Morgan fingerprint density at radius 1 is 1.19 bits per heavy atom.